The molecule has 7 rings (SSSR count). The fourth-order valence-corrected chi connectivity index (χ4v) is 6.61. The van der Waals surface area contributed by atoms with E-state index in [1.165, 1.54) is 11.1 Å². The molecule has 2 aromatic heterocycles. The molecule has 6 aromatic rings. The second-order valence-corrected chi connectivity index (χ2v) is 12.4. The van der Waals surface area contributed by atoms with Crippen LogP contribution in [0.15, 0.2) is 116 Å². The van der Waals surface area contributed by atoms with Gasteiger partial charge in [-0.3, -0.25) is 9.59 Å². The highest BCUT2D eigenvalue weighted by molar-refractivity contribution is 6.05. The van der Waals surface area contributed by atoms with Crippen LogP contribution < -0.4 is 5.32 Å². The summed E-state index contributed by atoms with van der Waals surface area (Å²) in [6.07, 6.45) is 4.59. The predicted octanol–water partition coefficient (Wildman–Crippen LogP) is 7.32. The van der Waals surface area contributed by atoms with Crippen LogP contribution in [-0.2, 0) is 13.0 Å². The predicted molar refractivity (Wildman–Crippen MR) is 185 cm³/mol. The molecule has 7 nitrogen and oxygen atoms in total. The van der Waals surface area contributed by atoms with Gasteiger partial charge in [0.25, 0.3) is 11.8 Å². The summed E-state index contributed by atoms with van der Waals surface area (Å²) in [6.45, 7) is 3.38. The van der Waals surface area contributed by atoms with Crippen molar-refractivity contribution >= 4 is 28.4 Å². The number of rotatable bonds is 7. The highest BCUT2D eigenvalue weighted by Crippen LogP contribution is 2.31. The van der Waals surface area contributed by atoms with Crippen molar-refractivity contribution in [3.05, 3.63) is 143 Å². The van der Waals surface area contributed by atoms with Crippen molar-refractivity contribution in [1.82, 2.24) is 19.4 Å². The SMILES string of the molecule is Cc1cc(C(=O)Nc2ccc3cc[nH]c3c2)cn1-c1cccc(-c2ccccc2C(=O)N2Cc3ccccc3C[C@H]2CN(C)C)c1. The van der Waals surface area contributed by atoms with E-state index < -0.39 is 0 Å². The number of nitrogens with one attached hydrogen (secondary N) is 2. The van der Waals surface area contributed by atoms with Crippen LogP contribution in [0.2, 0.25) is 0 Å². The Labute approximate surface area is 269 Å². The third kappa shape index (κ3) is 5.73. The van der Waals surface area contributed by atoms with E-state index in [1.54, 1.807) is 0 Å². The Balaban J connectivity index is 1.17. The average molecular weight is 608 g/mol. The summed E-state index contributed by atoms with van der Waals surface area (Å²) in [7, 11) is 4.12. The normalized spacial score (nSPS) is 14.4. The quantitative estimate of drug-likeness (QED) is 0.200. The molecule has 2 amide bonds. The van der Waals surface area contributed by atoms with Gasteiger partial charge in [-0.25, -0.2) is 0 Å². The first kappa shape index (κ1) is 29.3. The van der Waals surface area contributed by atoms with Crippen molar-refractivity contribution in [3.8, 4) is 16.8 Å². The number of hydrogen-bond donors (Lipinski definition) is 2. The van der Waals surface area contributed by atoms with E-state index in [-0.39, 0.29) is 17.9 Å². The van der Waals surface area contributed by atoms with Crippen molar-refractivity contribution in [2.45, 2.75) is 25.9 Å². The van der Waals surface area contributed by atoms with Crippen LogP contribution in [0.4, 0.5) is 5.69 Å². The molecule has 1 aliphatic rings. The minimum Gasteiger partial charge on any atom is -0.361 e. The minimum atomic E-state index is -0.171. The van der Waals surface area contributed by atoms with Gasteiger partial charge in [-0.15, -0.1) is 0 Å². The van der Waals surface area contributed by atoms with E-state index in [1.807, 2.05) is 108 Å². The Hall–Kier alpha value is -5.40. The van der Waals surface area contributed by atoms with Crippen LogP contribution >= 0.6 is 0 Å². The number of fused-ring (bicyclic) bond motifs is 2. The molecule has 0 saturated heterocycles. The Morgan fingerprint density at radius 1 is 0.891 bits per heavy atom. The highest BCUT2D eigenvalue weighted by Gasteiger charge is 2.31. The average Bonchev–Trinajstić information content (AvgIpc) is 3.70. The van der Waals surface area contributed by atoms with Crippen LogP contribution in [0, 0.1) is 6.92 Å². The minimum absolute atomic E-state index is 0.0380. The Bertz CT molecular complexity index is 2070. The van der Waals surface area contributed by atoms with Crippen molar-refractivity contribution in [1.29, 1.82) is 0 Å². The number of aromatic amines is 1. The molecule has 0 unspecified atom stereocenters. The smallest absolute Gasteiger partial charge is 0.257 e. The number of benzene rings is 4. The number of carbonyl (C=O) groups is 2. The van der Waals surface area contributed by atoms with Gasteiger partial charge in [0.05, 0.1) is 5.56 Å². The molecule has 0 spiro atoms. The fourth-order valence-electron chi connectivity index (χ4n) is 6.61. The molecule has 7 heteroatoms. The Morgan fingerprint density at radius 3 is 2.54 bits per heavy atom. The molecule has 0 bridgehead atoms. The standard InChI is InChI=1S/C39H37N5O2/c1-26-19-31(38(45)41-32-16-15-27-17-18-40-37(27)22-32)24-43(26)33-12-8-11-29(21-33)35-13-6-7-14-36(35)39(46)44-23-30-10-5-4-9-28(30)20-34(44)25-42(2)3/h4-19,21-22,24,34,40H,20,23,25H2,1-3H3,(H,41,45)/t34-/m0/s1. The van der Waals surface area contributed by atoms with Crippen molar-refractivity contribution in [2.75, 3.05) is 26.0 Å². The Kier molecular flexibility index (Phi) is 7.76. The lowest BCUT2D eigenvalue weighted by Gasteiger charge is -2.38. The van der Waals surface area contributed by atoms with E-state index >= 15 is 0 Å². The number of amides is 2. The lowest BCUT2D eigenvalue weighted by molar-refractivity contribution is 0.0607. The number of carbonyl (C=O) groups excluding carboxylic acids is 2. The van der Waals surface area contributed by atoms with E-state index in [4.69, 9.17) is 0 Å². The highest BCUT2D eigenvalue weighted by atomic mass is 16.2. The number of H-pyrrole nitrogens is 1. The van der Waals surface area contributed by atoms with Gasteiger partial charge in [-0.2, -0.15) is 0 Å². The summed E-state index contributed by atoms with van der Waals surface area (Å²) in [5, 5.41) is 4.12. The van der Waals surface area contributed by atoms with Crippen LogP contribution in [-0.4, -0.2) is 57.8 Å². The number of likely N-dealkylation sites (N-methyl/N-ethyl adjacent to an activating group) is 1. The third-order valence-corrected chi connectivity index (χ3v) is 8.87. The molecular weight excluding hydrogens is 570 g/mol. The number of nitrogens with zero attached hydrogens (tertiary/aromatic N) is 3. The summed E-state index contributed by atoms with van der Waals surface area (Å²) < 4.78 is 2.02. The first-order valence-electron chi connectivity index (χ1n) is 15.6. The molecular formula is C39H37N5O2. The number of aromatic nitrogens is 2. The van der Waals surface area contributed by atoms with Crippen LogP contribution in [0.5, 0.6) is 0 Å². The number of hydrogen-bond acceptors (Lipinski definition) is 3. The summed E-state index contributed by atoms with van der Waals surface area (Å²) in [6, 6.07) is 34.3. The topological polar surface area (TPSA) is 73.4 Å². The van der Waals surface area contributed by atoms with Gasteiger partial charge in [-0.1, -0.05) is 60.7 Å². The monoisotopic (exact) mass is 607 g/mol. The maximum absolute atomic E-state index is 14.3. The van der Waals surface area contributed by atoms with Crippen LogP contribution in [0.1, 0.15) is 37.5 Å². The zero-order valence-corrected chi connectivity index (χ0v) is 26.3. The van der Waals surface area contributed by atoms with Crippen molar-refractivity contribution in [3.63, 3.8) is 0 Å². The van der Waals surface area contributed by atoms with Crippen LogP contribution in [0.3, 0.4) is 0 Å². The molecule has 3 heterocycles. The summed E-state index contributed by atoms with van der Waals surface area (Å²) in [4.78, 5) is 35.0. The molecule has 2 N–H and O–H groups in total. The molecule has 4 aromatic carbocycles. The lowest BCUT2D eigenvalue weighted by atomic mass is 9.91. The van der Waals surface area contributed by atoms with Gasteiger partial charge in [0.15, 0.2) is 0 Å². The molecule has 0 aliphatic carbocycles. The maximum atomic E-state index is 14.3. The van der Waals surface area contributed by atoms with Crippen molar-refractivity contribution in [2.24, 2.45) is 0 Å². The number of anilines is 1. The first-order valence-corrected chi connectivity index (χ1v) is 15.6. The van der Waals surface area contributed by atoms with Gasteiger partial charge >= 0.3 is 0 Å². The van der Waals surface area contributed by atoms with E-state index in [2.05, 4.69) is 53.6 Å². The first-order chi connectivity index (χ1) is 22.3. The van der Waals surface area contributed by atoms with Gasteiger partial charge in [0.2, 0.25) is 0 Å². The van der Waals surface area contributed by atoms with Gasteiger partial charge in [-0.05, 0) is 97.5 Å². The summed E-state index contributed by atoms with van der Waals surface area (Å²) in [5.41, 5.74) is 9.17. The molecule has 0 radical (unpaired) electrons. The largest absolute Gasteiger partial charge is 0.361 e. The van der Waals surface area contributed by atoms with Crippen LogP contribution in [0.25, 0.3) is 27.7 Å². The number of aryl methyl sites for hydroxylation is 1. The summed E-state index contributed by atoms with van der Waals surface area (Å²) in [5.74, 6) is -0.133. The zero-order chi connectivity index (χ0) is 31.8. The molecule has 46 heavy (non-hydrogen) atoms. The zero-order valence-electron chi connectivity index (χ0n) is 26.3. The Morgan fingerprint density at radius 2 is 1.70 bits per heavy atom. The van der Waals surface area contributed by atoms with E-state index in [9.17, 15) is 9.59 Å². The van der Waals surface area contributed by atoms with Crippen molar-refractivity contribution < 1.29 is 9.59 Å². The molecule has 0 fully saturated rings. The van der Waals surface area contributed by atoms with Gasteiger partial charge < -0.3 is 24.7 Å². The van der Waals surface area contributed by atoms with Gasteiger partial charge in [0.1, 0.15) is 0 Å². The molecule has 0 saturated carbocycles. The second-order valence-electron chi connectivity index (χ2n) is 12.4. The second kappa shape index (κ2) is 12.2. The molecule has 1 aliphatic heterocycles. The molecule has 230 valence electrons. The fraction of sp³-hybridized carbons (Fsp3) is 0.179. The van der Waals surface area contributed by atoms with E-state index in [0.29, 0.717) is 17.7 Å². The molecule has 1 atom stereocenters. The lowest BCUT2D eigenvalue weighted by Crippen LogP contribution is -2.49. The maximum Gasteiger partial charge on any atom is 0.257 e. The van der Waals surface area contributed by atoms with E-state index in [0.717, 1.165) is 52.1 Å². The summed E-state index contributed by atoms with van der Waals surface area (Å²) >= 11 is 0. The van der Waals surface area contributed by atoms with Gasteiger partial charge in [0, 0.05) is 59.7 Å². The third-order valence-electron chi connectivity index (χ3n) is 8.87.